The first-order chi connectivity index (χ1) is 9.53. The van der Waals surface area contributed by atoms with Crippen LogP contribution in [-0.4, -0.2) is 15.5 Å². The van der Waals surface area contributed by atoms with Gasteiger partial charge in [0.25, 0.3) is 0 Å². The molecular weight excluding hydrogens is 266 g/mol. The van der Waals surface area contributed by atoms with Gasteiger partial charge in [-0.15, -0.1) is 0 Å². The number of hydrogen-bond acceptors (Lipinski definition) is 3. The van der Waals surface area contributed by atoms with Crippen molar-refractivity contribution in [2.24, 2.45) is 0 Å². The lowest BCUT2D eigenvalue weighted by atomic mass is 9.85. The molecule has 2 heterocycles. The minimum Gasteiger partial charge on any atom is -0.427 e. The Balaban J connectivity index is 1.89. The predicted molar refractivity (Wildman–Crippen MR) is 68.3 cm³/mol. The molecule has 1 saturated carbocycles. The van der Waals surface area contributed by atoms with E-state index in [1.165, 1.54) is 6.07 Å². The summed E-state index contributed by atoms with van der Waals surface area (Å²) >= 11 is 0. The Kier molecular flexibility index (Phi) is 3.16. The summed E-state index contributed by atoms with van der Waals surface area (Å²) in [5.41, 5.74) is 0.176. The van der Waals surface area contributed by atoms with E-state index in [9.17, 15) is 13.6 Å². The van der Waals surface area contributed by atoms with Crippen molar-refractivity contribution >= 4 is 0 Å². The normalized spacial score (nSPS) is 19.1. The second kappa shape index (κ2) is 4.85. The maximum Gasteiger partial charge on any atom is 0.337 e. The molecule has 0 spiro atoms. The molecule has 0 unspecified atom stereocenters. The minimum absolute atomic E-state index is 0.120. The highest BCUT2D eigenvalue weighted by atomic mass is 19.3. The molecule has 4 nitrogen and oxygen atoms in total. The molecule has 0 atom stereocenters. The van der Waals surface area contributed by atoms with E-state index in [-0.39, 0.29) is 18.8 Å². The first-order valence-electron chi connectivity index (χ1n) is 6.55. The Hall–Kier alpha value is -1.98. The van der Waals surface area contributed by atoms with E-state index in [0.29, 0.717) is 24.3 Å². The highest BCUT2D eigenvalue weighted by molar-refractivity contribution is 5.31. The van der Waals surface area contributed by atoms with Crippen LogP contribution in [0, 0.1) is 0 Å². The fourth-order valence-corrected chi connectivity index (χ4v) is 2.57. The van der Waals surface area contributed by atoms with Gasteiger partial charge in [-0.25, -0.2) is 18.6 Å². The van der Waals surface area contributed by atoms with Gasteiger partial charge in [-0.1, -0.05) is 0 Å². The standard InChI is InChI=1S/C14H14F2N2O2/c15-14(16)3-1-10(2-4-14)12-7-11(8-13(19)20-12)18-6-5-17-9-18/h5-10H,1-4H2. The molecule has 0 amide bonds. The molecule has 6 heteroatoms. The molecular formula is C14H14F2N2O2. The van der Waals surface area contributed by atoms with Crippen LogP contribution in [0.3, 0.4) is 0 Å². The molecule has 106 valence electrons. The van der Waals surface area contributed by atoms with Crippen molar-refractivity contribution in [3.05, 3.63) is 47.0 Å². The zero-order valence-electron chi connectivity index (χ0n) is 10.8. The van der Waals surface area contributed by atoms with Crippen molar-refractivity contribution in [1.82, 2.24) is 9.55 Å². The van der Waals surface area contributed by atoms with Crippen LogP contribution in [-0.2, 0) is 0 Å². The van der Waals surface area contributed by atoms with Gasteiger partial charge in [0.15, 0.2) is 0 Å². The van der Waals surface area contributed by atoms with Gasteiger partial charge in [-0.05, 0) is 12.8 Å². The molecule has 0 N–H and O–H groups in total. The summed E-state index contributed by atoms with van der Waals surface area (Å²) in [6, 6.07) is 3.10. The Morgan fingerprint density at radius 3 is 2.70 bits per heavy atom. The highest BCUT2D eigenvalue weighted by Gasteiger charge is 2.36. The zero-order valence-corrected chi connectivity index (χ0v) is 10.8. The third-order valence-corrected chi connectivity index (χ3v) is 3.70. The number of aromatic nitrogens is 2. The molecule has 2 aromatic rings. The lowest BCUT2D eigenvalue weighted by Crippen LogP contribution is -2.24. The van der Waals surface area contributed by atoms with Crippen molar-refractivity contribution in [3.8, 4) is 5.69 Å². The highest BCUT2D eigenvalue weighted by Crippen LogP contribution is 2.40. The van der Waals surface area contributed by atoms with Crippen LogP contribution in [0.25, 0.3) is 5.69 Å². The number of alkyl halides is 2. The SMILES string of the molecule is O=c1cc(-n2ccnc2)cc(C2CCC(F)(F)CC2)o1. The molecule has 0 saturated heterocycles. The molecule has 20 heavy (non-hydrogen) atoms. The van der Waals surface area contributed by atoms with E-state index in [0.717, 1.165) is 0 Å². The summed E-state index contributed by atoms with van der Waals surface area (Å²) in [5, 5.41) is 0. The minimum atomic E-state index is -2.58. The average molecular weight is 280 g/mol. The molecule has 0 aromatic carbocycles. The van der Waals surface area contributed by atoms with Crippen LogP contribution in [0.1, 0.15) is 37.4 Å². The molecule has 0 radical (unpaired) electrons. The Morgan fingerprint density at radius 1 is 1.30 bits per heavy atom. The van der Waals surface area contributed by atoms with E-state index >= 15 is 0 Å². The van der Waals surface area contributed by atoms with Crippen LogP contribution in [0.5, 0.6) is 0 Å². The van der Waals surface area contributed by atoms with E-state index in [2.05, 4.69) is 4.98 Å². The first kappa shape index (κ1) is 13.0. The van der Waals surface area contributed by atoms with Gasteiger partial charge in [-0.2, -0.15) is 0 Å². The van der Waals surface area contributed by atoms with Crippen molar-refractivity contribution in [2.45, 2.75) is 37.5 Å². The van der Waals surface area contributed by atoms with Gasteiger partial charge in [0.2, 0.25) is 5.92 Å². The van der Waals surface area contributed by atoms with Gasteiger partial charge < -0.3 is 8.98 Å². The lowest BCUT2D eigenvalue weighted by molar-refractivity contribution is -0.0397. The van der Waals surface area contributed by atoms with E-state index in [1.807, 2.05) is 0 Å². The lowest BCUT2D eigenvalue weighted by Gasteiger charge is -2.27. The second-order valence-electron chi connectivity index (χ2n) is 5.14. The van der Waals surface area contributed by atoms with E-state index < -0.39 is 11.5 Å². The van der Waals surface area contributed by atoms with Crippen LogP contribution in [0.4, 0.5) is 8.78 Å². The number of imidazole rings is 1. The monoisotopic (exact) mass is 280 g/mol. The van der Waals surface area contributed by atoms with Gasteiger partial charge in [0.1, 0.15) is 5.76 Å². The van der Waals surface area contributed by atoms with Gasteiger partial charge in [-0.3, -0.25) is 0 Å². The predicted octanol–water partition coefficient (Wildman–Crippen LogP) is 3.12. The Labute approximate surface area is 114 Å². The number of hydrogen-bond donors (Lipinski definition) is 0. The average Bonchev–Trinajstić information content (AvgIpc) is 2.91. The molecule has 1 aliphatic rings. The van der Waals surface area contributed by atoms with Gasteiger partial charge >= 0.3 is 5.63 Å². The fraction of sp³-hybridized carbons (Fsp3) is 0.429. The summed E-state index contributed by atoms with van der Waals surface area (Å²) < 4.78 is 33.2. The molecule has 0 aliphatic heterocycles. The summed E-state index contributed by atoms with van der Waals surface area (Å²) in [7, 11) is 0. The van der Waals surface area contributed by atoms with Gasteiger partial charge in [0, 0.05) is 43.3 Å². The smallest absolute Gasteiger partial charge is 0.337 e. The van der Waals surface area contributed by atoms with Gasteiger partial charge in [0.05, 0.1) is 12.0 Å². The molecule has 2 aromatic heterocycles. The quantitative estimate of drug-likeness (QED) is 0.849. The van der Waals surface area contributed by atoms with Crippen LogP contribution < -0.4 is 5.63 Å². The first-order valence-corrected chi connectivity index (χ1v) is 6.55. The Bertz CT molecular complexity index is 639. The van der Waals surface area contributed by atoms with Crippen LogP contribution in [0.2, 0.25) is 0 Å². The van der Waals surface area contributed by atoms with Crippen molar-refractivity contribution < 1.29 is 13.2 Å². The summed E-state index contributed by atoms with van der Waals surface area (Å²) in [4.78, 5) is 15.5. The Morgan fingerprint density at radius 2 is 2.05 bits per heavy atom. The zero-order chi connectivity index (χ0) is 14.2. The molecule has 1 aliphatic carbocycles. The van der Waals surface area contributed by atoms with E-state index in [4.69, 9.17) is 4.42 Å². The third-order valence-electron chi connectivity index (χ3n) is 3.70. The largest absolute Gasteiger partial charge is 0.427 e. The van der Waals surface area contributed by atoms with E-state index in [1.54, 1.807) is 29.4 Å². The molecule has 0 bridgehead atoms. The van der Waals surface area contributed by atoms with Crippen molar-refractivity contribution in [1.29, 1.82) is 0 Å². The van der Waals surface area contributed by atoms with Crippen molar-refractivity contribution in [2.75, 3.05) is 0 Å². The molecule has 1 fully saturated rings. The summed E-state index contributed by atoms with van der Waals surface area (Å²) in [6.07, 6.45) is 5.26. The summed E-state index contributed by atoms with van der Waals surface area (Å²) in [5.74, 6) is -2.22. The van der Waals surface area contributed by atoms with Crippen LogP contribution in [0.15, 0.2) is 40.1 Å². The number of halogens is 2. The maximum absolute atomic E-state index is 13.2. The fourth-order valence-electron chi connectivity index (χ4n) is 2.57. The summed E-state index contributed by atoms with van der Waals surface area (Å²) in [6.45, 7) is 0. The number of nitrogens with zero attached hydrogens (tertiary/aromatic N) is 2. The maximum atomic E-state index is 13.2. The topological polar surface area (TPSA) is 48.0 Å². The van der Waals surface area contributed by atoms with Crippen LogP contribution >= 0.6 is 0 Å². The third kappa shape index (κ3) is 2.64. The van der Waals surface area contributed by atoms with Crippen molar-refractivity contribution in [3.63, 3.8) is 0 Å². The second-order valence-corrected chi connectivity index (χ2v) is 5.14. The molecule has 3 rings (SSSR count). The number of rotatable bonds is 2.